The van der Waals surface area contributed by atoms with E-state index in [1.165, 1.54) is 5.01 Å². The van der Waals surface area contributed by atoms with Gasteiger partial charge in [-0.3, -0.25) is 5.01 Å². The fraction of sp³-hybridized carbons (Fsp3) is 0.222. The maximum atomic E-state index is 5.52. The molecule has 4 heteroatoms. The monoisotopic (exact) mass is 195 g/mol. The molecule has 1 aromatic rings. The standard InChI is InChI=1S/C9H13N3S/c1-11(9(13)12(2)10)8-6-4-3-5-7-8/h3-7H,10H2,1-2H3. The molecule has 13 heavy (non-hydrogen) atoms. The van der Waals surface area contributed by atoms with E-state index in [0.717, 1.165) is 5.69 Å². The van der Waals surface area contributed by atoms with Crippen LogP contribution in [0, 0.1) is 0 Å². The predicted molar refractivity (Wildman–Crippen MR) is 59.4 cm³/mol. The number of hydrogen-bond acceptors (Lipinski definition) is 2. The normalized spacial score (nSPS) is 9.46. The Balaban J connectivity index is 2.80. The van der Waals surface area contributed by atoms with Gasteiger partial charge in [-0.25, -0.2) is 5.84 Å². The van der Waals surface area contributed by atoms with Crippen molar-refractivity contribution in [2.24, 2.45) is 5.84 Å². The van der Waals surface area contributed by atoms with Gasteiger partial charge in [0.1, 0.15) is 0 Å². The van der Waals surface area contributed by atoms with Crippen molar-refractivity contribution in [3.05, 3.63) is 30.3 Å². The molecular weight excluding hydrogens is 182 g/mol. The Hall–Kier alpha value is -1.13. The first kappa shape index (κ1) is 9.95. The number of anilines is 1. The lowest BCUT2D eigenvalue weighted by atomic mass is 10.3. The van der Waals surface area contributed by atoms with E-state index < -0.39 is 0 Å². The second-order valence-corrected chi connectivity index (χ2v) is 3.15. The van der Waals surface area contributed by atoms with Crippen LogP contribution in [0.25, 0.3) is 0 Å². The van der Waals surface area contributed by atoms with Crippen LogP contribution in [-0.2, 0) is 0 Å². The van der Waals surface area contributed by atoms with Gasteiger partial charge < -0.3 is 4.90 Å². The Morgan fingerprint density at radius 2 is 1.77 bits per heavy atom. The Kier molecular flexibility index (Phi) is 3.22. The average Bonchev–Trinajstić information content (AvgIpc) is 2.17. The third-order valence-electron chi connectivity index (χ3n) is 1.73. The summed E-state index contributed by atoms with van der Waals surface area (Å²) in [6.07, 6.45) is 0. The van der Waals surface area contributed by atoms with E-state index in [4.69, 9.17) is 18.1 Å². The van der Waals surface area contributed by atoms with Gasteiger partial charge in [0.25, 0.3) is 0 Å². The number of thiocarbonyl (C=S) groups is 1. The molecule has 0 aromatic heterocycles. The number of benzene rings is 1. The van der Waals surface area contributed by atoms with Crippen LogP contribution in [0.3, 0.4) is 0 Å². The van der Waals surface area contributed by atoms with Crippen LogP contribution in [0.15, 0.2) is 30.3 Å². The van der Waals surface area contributed by atoms with Gasteiger partial charge in [0.15, 0.2) is 5.11 Å². The third-order valence-corrected chi connectivity index (χ3v) is 2.29. The molecule has 1 rings (SSSR count). The molecule has 3 nitrogen and oxygen atoms in total. The van der Waals surface area contributed by atoms with E-state index in [1.54, 1.807) is 7.05 Å². The number of rotatable bonds is 1. The fourth-order valence-corrected chi connectivity index (χ4v) is 1.10. The van der Waals surface area contributed by atoms with Gasteiger partial charge in [-0.2, -0.15) is 0 Å². The zero-order valence-electron chi connectivity index (χ0n) is 7.77. The molecule has 2 N–H and O–H groups in total. The molecular formula is C9H13N3S. The second kappa shape index (κ2) is 4.20. The molecule has 0 aliphatic heterocycles. The minimum atomic E-state index is 0.589. The maximum absolute atomic E-state index is 5.52. The molecule has 0 fully saturated rings. The summed E-state index contributed by atoms with van der Waals surface area (Å²) in [7, 11) is 3.61. The molecule has 1 aromatic carbocycles. The van der Waals surface area contributed by atoms with Crippen LogP contribution in [0.4, 0.5) is 5.69 Å². The lowest BCUT2D eigenvalue weighted by Crippen LogP contribution is -2.42. The van der Waals surface area contributed by atoms with Crippen LogP contribution in [0.2, 0.25) is 0 Å². The highest BCUT2D eigenvalue weighted by Gasteiger charge is 2.07. The molecule has 0 radical (unpaired) electrons. The molecule has 0 saturated carbocycles. The minimum Gasteiger partial charge on any atom is -0.321 e. The highest BCUT2D eigenvalue weighted by atomic mass is 32.1. The van der Waals surface area contributed by atoms with Crippen molar-refractivity contribution in [3.8, 4) is 0 Å². The van der Waals surface area contributed by atoms with Crippen LogP contribution >= 0.6 is 12.2 Å². The van der Waals surface area contributed by atoms with E-state index >= 15 is 0 Å². The quantitative estimate of drug-likeness (QED) is 0.415. The second-order valence-electron chi connectivity index (χ2n) is 2.79. The number of nitrogens with zero attached hydrogens (tertiary/aromatic N) is 2. The number of hydrogen-bond donors (Lipinski definition) is 1. The van der Waals surface area contributed by atoms with Gasteiger partial charge >= 0.3 is 0 Å². The zero-order chi connectivity index (χ0) is 9.84. The minimum absolute atomic E-state index is 0.589. The first-order valence-electron chi connectivity index (χ1n) is 3.94. The maximum Gasteiger partial charge on any atom is 0.189 e. The van der Waals surface area contributed by atoms with Crippen molar-refractivity contribution in [1.82, 2.24) is 5.01 Å². The van der Waals surface area contributed by atoms with Crippen LogP contribution in [0.1, 0.15) is 0 Å². The highest BCUT2D eigenvalue weighted by molar-refractivity contribution is 7.80. The Morgan fingerprint density at radius 1 is 1.23 bits per heavy atom. The summed E-state index contributed by atoms with van der Waals surface area (Å²) in [5.41, 5.74) is 1.03. The molecule has 0 atom stereocenters. The smallest absolute Gasteiger partial charge is 0.189 e. The van der Waals surface area contributed by atoms with Crippen LogP contribution in [-0.4, -0.2) is 24.2 Å². The molecule has 0 aliphatic carbocycles. The molecule has 0 aliphatic rings. The Labute approximate surface area is 83.7 Å². The number of nitrogens with two attached hydrogens (primary N) is 1. The lowest BCUT2D eigenvalue weighted by molar-refractivity contribution is 0.540. The molecule has 0 heterocycles. The topological polar surface area (TPSA) is 32.5 Å². The van der Waals surface area contributed by atoms with Crippen molar-refractivity contribution in [1.29, 1.82) is 0 Å². The molecule has 0 amide bonds. The van der Waals surface area contributed by atoms with E-state index in [-0.39, 0.29) is 0 Å². The summed E-state index contributed by atoms with van der Waals surface area (Å²) in [6.45, 7) is 0. The zero-order valence-corrected chi connectivity index (χ0v) is 8.58. The van der Waals surface area contributed by atoms with E-state index in [0.29, 0.717) is 5.11 Å². The highest BCUT2D eigenvalue weighted by Crippen LogP contribution is 2.11. The summed E-state index contributed by atoms with van der Waals surface area (Å²) in [5, 5.41) is 2.01. The van der Waals surface area contributed by atoms with Gasteiger partial charge in [0.2, 0.25) is 0 Å². The first-order chi connectivity index (χ1) is 6.13. The summed E-state index contributed by atoms with van der Waals surface area (Å²) in [6, 6.07) is 9.86. The third kappa shape index (κ3) is 2.40. The number of hydrazine groups is 1. The first-order valence-corrected chi connectivity index (χ1v) is 4.35. The average molecular weight is 195 g/mol. The van der Waals surface area contributed by atoms with Crippen molar-refractivity contribution in [2.75, 3.05) is 19.0 Å². The van der Waals surface area contributed by atoms with Gasteiger partial charge in [0.05, 0.1) is 0 Å². The van der Waals surface area contributed by atoms with Gasteiger partial charge in [0, 0.05) is 19.8 Å². The van der Waals surface area contributed by atoms with Gasteiger partial charge in [-0.15, -0.1) is 0 Å². The van der Waals surface area contributed by atoms with Crippen molar-refractivity contribution in [2.45, 2.75) is 0 Å². The summed E-state index contributed by atoms with van der Waals surface area (Å²) in [5.74, 6) is 5.52. The van der Waals surface area contributed by atoms with E-state index in [9.17, 15) is 0 Å². The SMILES string of the molecule is CN(N)C(=S)N(C)c1ccccc1. The fourth-order valence-electron chi connectivity index (χ4n) is 0.999. The van der Waals surface area contributed by atoms with Crippen molar-refractivity contribution >= 4 is 23.0 Å². The molecule has 0 bridgehead atoms. The predicted octanol–water partition coefficient (Wildman–Crippen LogP) is 1.21. The van der Waals surface area contributed by atoms with Gasteiger partial charge in [-0.05, 0) is 24.4 Å². The van der Waals surface area contributed by atoms with Crippen LogP contribution in [0.5, 0.6) is 0 Å². The van der Waals surface area contributed by atoms with E-state index in [1.807, 2.05) is 42.3 Å². The molecule has 70 valence electrons. The Morgan fingerprint density at radius 3 is 2.23 bits per heavy atom. The van der Waals surface area contributed by atoms with Gasteiger partial charge in [-0.1, -0.05) is 18.2 Å². The summed E-state index contributed by atoms with van der Waals surface area (Å²) < 4.78 is 0. The van der Waals surface area contributed by atoms with Crippen LogP contribution < -0.4 is 10.7 Å². The van der Waals surface area contributed by atoms with Crippen molar-refractivity contribution < 1.29 is 0 Å². The Bertz CT molecular complexity index is 284. The van der Waals surface area contributed by atoms with Crippen molar-refractivity contribution in [3.63, 3.8) is 0 Å². The molecule has 0 unspecified atom stereocenters. The largest absolute Gasteiger partial charge is 0.321 e. The lowest BCUT2D eigenvalue weighted by Gasteiger charge is -2.24. The molecule has 0 spiro atoms. The summed E-state index contributed by atoms with van der Waals surface area (Å²) >= 11 is 5.11. The summed E-state index contributed by atoms with van der Waals surface area (Å²) in [4.78, 5) is 1.86. The van der Waals surface area contributed by atoms with E-state index in [2.05, 4.69) is 0 Å². The molecule has 0 saturated heterocycles. The number of para-hydroxylation sites is 1.